The van der Waals surface area contributed by atoms with Gasteiger partial charge in [0.05, 0.1) is 6.54 Å². The molecular weight excluding hydrogens is 328 g/mol. The molecule has 148 valence electrons. The van der Waals surface area contributed by atoms with E-state index in [1.54, 1.807) is 11.4 Å². The number of nitrogens with zero attached hydrogens (tertiary/aromatic N) is 2. The third kappa shape index (κ3) is 4.00. The minimum absolute atomic E-state index is 0.210. The monoisotopic (exact) mass is 367 g/mol. The van der Waals surface area contributed by atoms with Crippen molar-refractivity contribution in [2.75, 3.05) is 0 Å². The van der Waals surface area contributed by atoms with Crippen LogP contribution in [-0.2, 0) is 17.4 Å². The number of hydrogen-bond acceptors (Lipinski definition) is 0. The quantitative estimate of drug-likeness (QED) is 0.354. The maximum absolute atomic E-state index is 2.61. The van der Waals surface area contributed by atoms with Crippen LogP contribution in [0.15, 0.2) is 36.7 Å². The van der Waals surface area contributed by atoms with Crippen LogP contribution in [0, 0.1) is 0 Å². The van der Waals surface area contributed by atoms with Crippen molar-refractivity contribution in [2.24, 2.45) is 0 Å². The molecule has 3 rings (SSSR count). The average Bonchev–Trinajstić information content (AvgIpc) is 3.12. The summed E-state index contributed by atoms with van der Waals surface area (Å²) in [6.45, 7) is 13.2. The van der Waals surface area contributed by atoms with Crippen molar-refractivity contribution < 1.29 is 4.57 Å². The first-order valence-corrected chi connectivity index (χ1v) is 11.1. The summed E-state index contributed by atoms with van der Waals surface area (Å²) in [5, 5.41) is 0. The van der Waals surface area contributed by atoms with Gasteiger partial charge in [0.1, 0.15) is 5.69 Å². The first-order valence-electron chi connectivity index (χ1n) is 11.1. The van der Waals surface area contributed by atoms with Crippen LogP contribution in [0.4, 0.5) is 0 Å². The SMILES string of the molecule is CCCCC[n+]1cn(-c2ccccc2)c2c1C(C)(CCCCC)CC2(C)C. The number of benzene rings is 1. The highest BCUT2D eigenvalue weighted by Crippen LogP contribution is 2.51. The molecule has 0 spiro atoms. The fourth-order valence-corrected chi connectivity index (χ4v) is 5.38. The second kappa shape index (κ2) is 8.20. The number of imidazole rings is 1. The lowest BCUT2D eigenvalue weighted by Crippen LogP contribution is -2.42. The van der Waals surface area contributed by atoms with Crippen molar-refractivity contribution in [2.45, 2.75) is 103 Å². The van der Waals surface area contributed by atoms with Crippen molar-refractivity contribution >= 4 is 0 Å². The summed E-state index contributed by atoms with van der Waals surface area (Å²) in [6.07, 6.45) is 12.8. The van der Waals surface area contributed by atoms with Gasteiger partial charge in [-0.1, -0.05) is 78.5 Å². The van der Waals surface area contributed by atoms with Gasteiger partial charge in [0.2, 0.25) is 6.33 Å². The number of para-hydroxylation sites is 1. The first kappa shape index (κ1) is 20.2. The van der Waals surface area contributed by atoms with Crippen molar-refractivity contribution in [1.82, 2.24) is 4.57 Å². The number of unbranched alkanes of at least 4 members (excludes halogenated alkanes) is 4. The second-order valence-electron chi connectivity index (χ2n) is 9.50. The molecule has 1 aliphatic rings. The van der Waals surface area contributed by atoms with E-state index in [4.69, 9.17) is 0 Å². The van der Waals surface area contributed by atoms with Gasteiger partial charge in [-0.2, -0.15) is 4.57 Å². The highest BCUT2D eigenvalue weighted by atomic mass is 15.2. The number of aryl methyl sites for hydroxylation is 1. The molecule has 1 unspecified atom stereocenters. The Morgan fingerprint density at radius 2 is 1.59 bits per heavy atom. The normalized spacial score (nSPS) is 20.8. The van der Waals surface area contributed by atoms with Gasteiger partial charge >= 0.3 is 0 Å². The van der Waals surface area contributed by atoms with E-state index in [9.17, 15) is 0 Å². The standard InChI is InChI=1S/C25H39N2/c1-6-8-13-17-25(5)19-24(3,4)22-23(25)26(18-14-9-7-2)20-27(22)21-15-11-10-12-16-21/h10-12,15-16,20H,6-9,13-14,17-19H2,1-5H3/q+1. The molecule has 0 saturated carbocycles. The predicted octanol–water partition coefficient (Wildman–Crippen LogP) is 6.47. The molecule has 0 N–H and O–H groups in total. The first-order chi connectivity index (χ1) is 12.9. The van der Waals surface area contributed by atoms with Gasteiger partial charge in [-0.25, -0.2) is 4.57 Å². The van der Waals surface area contributed by atoms with Crippen LogP contribution < -0.4 is 4.57 Å². The molecular formula is C25H39N2+. The van der Waals surface area contributed by atoms with Crippen molar-refractivity contribution in [3.8, 4) is 5.69 Å². The molecule has 1 atom stereocenters. The molecule has 0 aliphatic heterocycles. The van der Waals surface area contributed by atoms with Crippen molar-refractivity contribution in [3.63, 3.8) is 0 Å². The Balaban J connectivity index is 2.08. The van der Waals surface area contributed by atoms with Crippen LogP contribution in [0.3, 0.4) is 0 Å². The summed E-state index contributed by atoms with van der Waals surface area (Å²) in [7, 11) is 0. The summed E-state index contributed by atoms with van der Waals surface area (Å²) in [5.41, 5.74) is 4.96. The van der Waals surface area contributed by atoms with Gasteiger partial charge in [-0.15, -0.1) is 0 Å². The molecule has 0 bridgehead atoms. The largest absolute Gasteiger partial charge is 0.249 e. The summed E-state index contributed by atoms with van der Waals surface area (Å²) in [4.78, 5) is 0. The van der Waals surface area contributed by atoms with Gasteiger partial charge in [0, 0.05) is 10.8 Å². The minimum atomic E-state index is 0.210. The zero-order valence-corrected chi connectivity index (χ0v) is 18.2. The Kier molecular flexibility index (Phi) is 6.13. The Bertz CT molecular complexity index is 741. The van der Waals surface area contributed by atoms with E-state index in [-0.39, 0.29) is 5.41 Å². The summed E-state index contributed by atoms with van der Waals surface area (Å²) in [6, 6.07) is 10.9. The molecule has 0 radical (unpaired) electrons. The van der Waals surface area contributed by atoms with Gasteiger partial charge in [-0.05, 0) is 37.8 Å². The van der Waals surface area contributed by atoms with E-state index in [0.717, 1.165) is 6.54 Å². The third-order valence-corrected chi connectivity index (χ3v) is 6.42. The lowest BCUT2D eigenvalue weighted by Gasteiger charge is -2.26. The van der Waals surface area contributed by atoms with E-state index in [1.807, 2.05) is 0 Å². The van der Waals surface area contributed by atoms with Crippen molar-refractivity contribution in [3.05, 3.63) is 48.0 Å². The molecule has 1 heterocycles. The summed E-state index contributed by atoms with van der Waals surface area (Å²) in [5.74, 6) is 0. The highest BCUT2D eigenvalue weighted by molar-refractivity contribution is 5.41. The van der Waals surface area contributed by atoms with Gasteiger partial charge in [0.25, 0.3) is 0 Å². The van der Waals surface area contributed by atoms with Crippen LogP contribution in [0.1, 0.15) is 97.4 Å². The highest BCUT2D eigenvalue weighted by Gasteiger charge is 2.53. The topological polar surface area (TPSA) is 8.81 Å². The van der Waals surface area contributed by atoms with E-state index in [2.05, 4.69) is 80.4 Å². The van der Waals surface area contributed by atoms with E-state index < -0.39 is 0 Å². The fourth-order valence-electron chi connectivity index (χ4n) is 5.38. The summed E-state index contributed by atoms with van der Waals surface area (Å²) >= 11 is 0. The fraction of sp³-hybridized carbons (Fsp3) is 0.640. The van der Waals surface area contributed by atoms with E-state index in [1.165, 1.54) is 57.1 Å². The number of rotatable bonds is 9. The van der Waals surface area contributed by atoms with Gasteiger partial charge in [-0.3, -0.25) is 0 Å². The predicted molar refractivity (Wildman–Crippen MR) is 115 cm³/mol. The molecule has 1 aromatic heterocycles. The average molecular weight is 368 g/mol. The Labute approximate surface area is 166 Å². The van der Waals surface area contributed by atoms with Crippen LogP contribution >= 0.6 is 0 Å². The molecule has 0 amide bonds. The van der Waals surface area contributed by atoms with E-state index >= 15 is 0 Å². The number of aromatic nitrogens is 2. The Morgan fingerprint density at radius 1 is 0.926 bits per heavy atom. The number of fused-ring (bicyclic) bond motifs is 1. The molecule has 0 saturated heterocycles. The van der Waals surface area contributed by atoms with Gasteiger partial charge in [0.15, 0.2) is 11.4 Å². The third-order valence-electron chi connectivity index (χ3n) is 6.42. The zero-order chi connectivity index (χ0) is 19.5. The summed E-state index contributed by atoms with van der Waals surface area (Å²) < 4.78 is 5.10. The molecule has 2 aromatic rings. The maximum Gasteiger partial charge on any atom is 0.249 e. The Morgan fingerprint density at radius 3 is 2.26 bits per heavy atom. The second-order valence-corrected chi connectivity index (χ2v) is 9.50. The molecule has 2 heteroatoms. The molecule has 2 nitrogen and oxygen atoms in total. The minimum Gasteiger partial charge on any atom is -0.233 e. The molecule has 0 fully saturated rings. The van der Waals surface area contributed by atoms with Crippen LogP contribution in [0.5, 0.6) is 0 Å². The molecule has 1 aliphatic carbocycles. The van der Waals surface area contributed by atoms with Gasteiger partial charge < -0.3 is 0 Å². The van der Waals surface area contributed by atoms with Crippen LogP contribution in [0.25, 0.3) is 5.69 Å². The smallest absolute Gasteiger partial charge is 0.233 e. The number of hydrogen-bond donors (Lipinski definition) is 0. The maximum atomic E-state index is 2.61. The van der Waals surface area contributed by atoms with Crippen molar-refractivity contribution in [1.29, 1.82) is 0 Å². The Hall–Kier alpha value is -1.57. The lowest BCUT2D eigenvalue weighted by molar-refractivity contribution is -0.706. The zero-order valence-electron chi connectivity index (χ0n) is 18.2. The van der Waals surface area contributed by atoms with E-state index in [0.29, 0.717) is 5.41 Å². The molecule has 27 heavy (non-hydrogen) atoms. The van der Waals surface area contributed by atoms with Crippen LogP contribution in [-0.4, -0.2) is 4.57 Å². The molecule has 1 aromatic carbocycles. The van der Waals surface area contributed by atoms with Crippen LogP contribution in [0.2, 0.25) is 0 Å². The lowest BCUT2D eigenvalue weighted by atomic mass is 9.77.